The molecule has 0 unspecified atom stereocenters. The molecule has 2 aromatic rings. The maximum Gasteiger partial charge on any atom is 0.240 e. The second kappa shape index (κ2) is 9.07. The second-order valence-corrected chi connectivity index (χ2v) is 7.53. The molecule has 0 spiro atoms. The third-order valence-electron chi connectivity index (χ3n) is 5.23. The number of nitrogens with one attached hydrogen (secondary N) is 4. The van der Waals surface area contributed by atoms with Gasteiger partial charge in [-0.2, -0.15) is 0 Å². The molecule has 1 aliphatic heterocycles. The summed E-state index contributed by atoms with van der Waals surface area (Å²) < 4.78 is 33.3. The predicted molar refractivity (Wildman–Crippen MR) is 120 cm³/mol. The maximum absolute atomic E-state index is 14.6. The molecule has 4 rings (SSSR count). The van der Waals surface area contributed by atoms with Crippen molar-refractivity contribution in [3.05, 3.63) is 90.0 Å². The zero-order valence-corrected chi connectivity index (χ0v) is 17.3. The van der Waals surface area contributed by atoms with E-state index in [-0.39, 0.29) is 11.4 Å². The highest BCUT2D eigenvalue weighted by atomic mass is 19.1. The molecule has 2 amide bonds. The van der Waals surface area contributed by atoms with Crippen molar-refractivity contribution in [2.45, 2.75) is 12.8 Å². The van der Waals surface area contributed by atoms with Crippen LogP contribution in [0.25, 0.3) is 0 Å². The summed E-state index contributed by atoms with van der Waals surface area (Å²) in [5.41, 5.74) is -0.202. The minimum absolute atomic E-state index is 0.0672. The largest absolute Gasteiger partial charge is 0.452 e. The fourth-order valence-corrected chi connectivity index (χ4v) is 3.23. The van der Waals surface area contributed by atoms with Crippen LogP contribution in [0, 0.1) is 22.5 Å². The highest BCUT2D eigenvalue weighted by molar-refractivity contribution is 6.16. The van der Waals surface area contributed by atoms with Crippen LogP contribution in [0.5, 0.6) is 5.75 Å². The zero-order valence-electron chi connectivity index (χ0n) is 17.3. The van der Waals surface area contributed by atoms with Crippen molar-refractivity contribution in [2.24, 2.45) is 5.41 Å². The number of carbonyl (C=O) groups excluding carboxylic acids is 2. The normalized spacial score (nSPS) is 16.9. The lowest BCUT2D eigenvalue weighted by Crippen LogP contribution is -2.35. The standard InChI is InChI=1S/C24H20F2N4O3/c25-15-3-5-16(6-4-15)29-22(31)24(10-11-24)23(32)30-17-7-8-20(18(26)14-17)33-21-2-1-13-28-19(21)9-12-27/h1-9,12-14,27-28H,10-11H2,(H,29,31)(H,30,32)/b19-9-,27-12?. The van der Waals surface area contributed by atoms with Crippen molar-refractivity contribution in [1.29, 1.82) is 5.41 Å². The van der Waals surface area contributed by atoms with Gasteiger partial charge in [0, 0.05) is 29.9 Å². The van der Waals surface area contributed by atoms with E-state index in [2.05, 4.69) is 16.0 Å². The summed E-state index contributed by atoms with van der Waals surface area (Å²) in [6.45, 7) is 0. The van der Waals surface area contributed by atoms with Gasteiger partial charge in [0.2, 0.25) is 11.8 Å². The van der Waals surface area contributed by atoms with Crippen LogP contribution in [-0.2, 0) is 9.59 Å². The number of carbonyl (C=O) groups is 2. The van der Waals surface area contributed by atoms with Crippen LogP contribution in [0.4, 0.5) is 20.2 Å². The molecular weight excluding hydrogens is 430 g/mol. The van der Waals surface area contributed by atoms with Gasteiger partial charge in [0.25, 0.3) is 0 Å². The van der Waals surface area contributed by atoms with Crippen molar-refractivity contribution >= 4 is 29.4 Å². The van der Waals surface area contributed by atoms with E-state index in [9.17, 15) is 18.4 Å². The van der Waals surface area contributed by atoms with Gasteiger partial charge in [0.15, 0.2) is 17.3 Å². The van der Waals surface area contributed by atoms with Gasteiger partial charge in [-0.1, -0.05) is 0 Å². The topological polar surface area (TPSA) is 103 Å². The summed E-state index contributed by atoms with van der Waals surface area (Å²) in [7, 11) is 0. The van der Waals surface area contributed by atoms with Crippen LogP contribution in [0.3, 0.4) is 0 Å². The lowest BCUT2D eigenvalue weighted by molar-refractivity contribution is -0.131. The lowest BCUT2D eigenvalue weighted by Gasteiger charge is -2.17. The predicted octanol–water partition coefficient (Wildman–Crippen LogP) is 4.24. The Morgan fingerprint density at radius 2 is 1.70 bits per heavy atom. The number of anilines is 2. The number of ether oxygens (including phenoxy) is 1. The highest BCUT2D eigenvalue weighted by Gasteiger charge is 2.56. The minimum Gasteiger partial charge on any atom is -0.452 e. The molecule has 0 atom stereocenters. The molecule has 2 aromatic carbocycles. The quantitative estimate of drug-likeness (QED) is 0.374. The molecule has 0 saturated heterocycles. The van der Waals surface area contributed by atoms with E-state index >= 15 is 0 Å². The number of allylic oxidation sites excluding steroid dienone is 3. The molecule has 1 saturated carbocycles. The molecular formula is C24H20F2N4O3. The Kier molecular flexibility index (Phi) is 6.03. The summed E-state index contributed by atoms with van der Waals surface area (Å²) in [5, 5.41) is 15.3. The Morgan fingerprint density at radius 1 is 1.03 bits per heavy atom. The Hall–Kier alpha value is -4.27. The first kappa shape index (κ1) is 21.9. The smallest absolute Gasteiger partial charge is 0.240 e. The van der Waals surface area contributed by atoms with Gasteiger partial charge in [0.1, 0.15) is 11.2 Å². The minimum atomic E-state index is -1.25. The number of dihydropyridines is 1. The summed E-state index contributed by atoms with van der Waals surface area (Å²) in [6, 6.07) is 9.17. The molecule has 4 N–H and O–H groups in total. The van der Waals surface area contributed by atoms with Crippen molar-refractivity contribution in [1.82, 2.24) is 5.32 Å². The van der Waals surface area contributed by atoms with E-state index < -0.39 is 28.9 Å². The first-order valence-electron chi connectivity index (χ1n) is 10.1. The van der Waals surface area contributed by atoms with Crippen molar-refractivity contribution < 1.29 is 23.1 Å². The molecule has 2 aliphatic rings. The molecule has 33 heavy (non-hydrogen) atoms. The van der Waals surface area contributed by atoms with E-state index in [0.29, 0.717) is 30.0 Å². The number of benzene rings is 2. The zero-order chi connectivity index (χ0) is 23.4. The fourth-order valence-electron chi connectivity index (χ4n) is 3.23. The molecule has 1 fully saturated rings. The lowest BCUT2D eigenvalue weighted by atomic mass is 10.0. The van der Waals surface area contributed by atoms with E-state index in [1.165, 1.54) is 42.5 Å². The van der Waals surface area contributed by atoms with Gasteiger partial charge in [-0.3, -0.25) is 9.59 Å². The molecule has 0 aromatic heterocycles. The molecule has 0 radical (unpaired) electrons. The third-order valence-corrected chi connectivity index (χ3v) is 5.23. The summed E-state index contributed by atoms with van der Waals surface area (Å²) in [4.78, 5) is 25.4. The highest BCUT2D eigenvalue weighted by Crippen LogP contribution is 2.47. The summed E-state index contributed by atoms with van der Waals surface area (Å²) >= 11 is 0. The molecule has 168 valence electrons. The van der Waals surface area contributed by atoms with Crippen LogP contribution in [0.15, 0.2) is 78.3 Å². The average Bonchev–Trinajstić information content (AvgIpc) is 3.61. The number of rotatable bonds is 7. The van der Waals surface area contributed by atoms with E-state index in [1.807, 2.05) is 0 Å². The third kappa shape index (κ3) is 4.82. The first-order valence-corrected chi connectivity index (χ1v) is 10.1. The van der Waals surface area contributed by atoms with Crippen molar-refractivity contribution in [3.63, 3.8) is 0 Å². The van der Waals surface area contributed by atoms with Gasteiger partial charge >= 0.3 is 0 Å². The van der Waals surface area contributed by atoms with Crippen LogP contribution < -0.4 is 20.7 Å². The molecule has 1 aliphatic carbocycles. The SMILES string of the molecule is N=C/C=C1\NC=CC=C1Oc1ccc(NC(=O)C2(C(=O)Nc3ccc(F)cc3)CC2)cc1F. The van der Waals surface area contributed by atoms with Crippen molar-refractivity contribution in [2.75, 3.05) is 10.6 Å². The first-order chi connectivity index (χ1) is 15.9. The molecule has 9 heteroatoms. The molecule has 0 bridgehead atoms. The monoisotopic (exact) mass is 450 g/mol. The number of halogens is 2. The van der Waals surface area contributed by atoms with E-state index in [4.69, 9.17) is 10.1 Å². The van der Waals surface area contributed by atoms with Crippen molar-refractivity contribution in [3.8, 4) is 5.75 Å². The van der Waals surface area contributed by atoms with Crippen LogP contribution in [-0.4, -0.2) is 18.0 Å². The summed E-state index contributed by atoms with van der Waals surface area (Å²) in [6.07, 6.45) is 8.20. The Morgan fingerprint density at radius 3 is 2.33 bits per heavy atom. The molecule has 1 heterocycles. The second-order valence-electron chi connectivity index (χ2n) is 7.53. The Bertz CT molecular complexity index is 1200. The van der Waals surface area contributed by atoms with E-state index in [1.54, 1.807) is 18.4 Å². The Balaban J connectivity index is 1.43. The van der Waals surface area contributed by atoms with E-state index in [0.717, 1.165) is 12.3 Å². The fraction of sp³-hybridized carbons (Fsp3) is 0.125. The van der Waals surface area contributed by atoms with Gasteiger partial charge < -0.3 is 26.1 Å². The number of amides is 2. The maximum atomic E-state index is 14.6. The summed E-state index contributed by atoms with van der Waals surface area (Å²) in [5.74, 6) is -1.93. The van der Waals surface area contributed by atoms with Gasteiger partial charge in [-0.05, 0) is 67.5 Å². The van der Waals surface area contributed by atoms with Crippen LogP contribution in [0.1, 0.15) is 12.8 Å². The van der Waals surface area contributed by atoms with Gasteiger partial charge in [-0.25, -0.2) is 8.78 Å². The van der Waals surface area contributed by atoms with Gasteiger partial charge in [0.05, 0.1) is 5.70 Å². The van der Waals surface area contributed by atoms with Gasteiger partial charge in [-0.15, -0.1) is 0 Å². The molecule has 7 nitrogen and oxygen atoms in total. The number of hydrogen-bond acceptors (Lipinski definition) is 5. The van der Waals surface area contributed by atoms with Crippen LogP contribution >= 0.6 is 0 Å². The Labute approximate surface area is 188 Å². The van der Waals surface area contributed by atoms with Crippen LogP contribution in [0.2, 0.25) is 0 Å². The number of hydrogen-bond donors (Lipinski definition) is 4. The average molecular weight is 450 g/mol.